The maximum atomic E-state index is 13.7. The minimum absolute atomic E-state index is 0.177. The number of hydrazone groups is 1. The second-order valence-corrected chi connectivity index (χ2v) is 8.80. The lowest BCUT2D eigenvalue weighted by Crippen LogP contribution is -2.27. The molecule has 2 aromatic carbocycles. The number of nitrogen functional groups attached to an aromatic ring is 1. The highest BCUT2D eigenvalue weighted by atomic mass is 32.1. The minimum Gasteiger partial charge on any atom is -0.397 e. The largest absolute Gasteiger partial charge is 0.397 e. The van der Waals surface area contributed by atoms with Crippen LogP contribution in [-0.2, 0) is 0 Å². The molecule has 6 heteroatoms. The van der Waals surface area contributed by atoms with Crippen molar-refractivity contribution in [2.75, 3.05) is 5.73 Å². The summed E-state index contributed by atoms with van der Waals surface area (Å²) in [4.78, 5) is 19.6. The minimum atomic E-state index is -0.183. The zero-order valence-electron chi connectivity index (χ0n) is 17.4. The second-order valence-electron chi connectivity index (χ2n) is 7.80. The van der Waals surface area contributed by atoms with Crippen LogP contribution in [-0.4, -0.2) is 21.6 Å². The Morgan fingerprint density at radius 2 is 1.74 bits per heavy atom. The number of benzene rings is 2. The maximum absolute atomic E-state index is 13.7. The summed E-state index contributed by atoms with van der Waals surface area (Å²) < 4.78 is 0. The zero-order valence-corrected chi connectivity index (χ0v) is 18.2. The van der Waals surface area contributed by atoms with Crippen LogP contribution in [0.2, 0.25) is 0 Å². The van der Waals surface area contributed by atoms with Crippen LogP contribution in [0.5, 0.6) is 0 Å². The molecule has 3 heterocycles. The van der Waals surface area contributed by atoms with E-state index in [1.165, 1.54) is 11.3 Å². The van der Waals surface area contributed by atoms with Gasteiger partial charge in [-0.3, -0.25) is 4.79 Å². The van der Waals surface area contributed by atoms with E-state index in [1.54, 1.807) is 5.01 Å². The van der Waals surface area contributed by atoms with Crippen LogP contribution in [0.1, 0.15) is 44.5 Å². The third-order valence-corrected chi connectivity index (χ3v) is 6.72. The van der Waals surface area contributed by atoms with Gasteiger partial charge in [-0.1, -0.05) is 60.7 Å². The van der Waals surface area contributed by atoms with Gasteiger partial charge < -0.3 is 5.73 Å². The van der Waals surface area contributed by atoms with Crippen molar-refractivity contribution in [1.29, 1.82) is 0 Å². The average Bonchev–Trinajstić information content (AvgIpc) is 3.36. The number of amides is 1. The van der Waals surface area contributed by atoms with Gasteiger partial charge >= 0.3 is 0 Å². The molecule has 1 aliphatic rings. The van der Waals surface area contributed by atoms with E-state index in [1.807, 2.05) is 80.6 Å². The van der Waals surface area contributed by atoms with E-state index in [0.717, 1.165) is 38.3 Å². The van der Waals surface area contributed by atoms with Gasteiger partial charge in [0.15, 0.2) is 0 Å². The van der Waals surface area contributed by atoms with Crippen molar-refractivity contribution >= 4 is 38.9 Å². The number of thiophene rings is 1. The monoisotopic (exact) mass is 426 g/mol. The summed E-state index contributed by atoms with van der Waals surface area (Å²) in [5, 5.41) is 7.24. The van der Waals surface area contributed by atoms with E-state index in [0.29, 0.717) is 17.0 Å². The molecule has 2 N–H and O–H groups in total. The van der Waals surface area contributed by atoms with E-state index >= 15 is 0 Å². The first-order chi connectivity index (χ1) is 15.0. The number of pyridine rings is 1. The first-order valence-electron chi connectivity index (χ1n) is 10.2. The fraction of sp³-hybridized carbons (Fsp3) is 0.160. The molecule has 154 valence electrons. The highest BCUT2D eigenvalue weighted by Gasteiger charge is 2.35. The smallest absolute Gasteiger partial charge is 0.286 e. The predicted octanol–water partition coefficient (Wildman–Crippen LogP) is 5.49. The summed E-state index contributed by atoms with van der Waals surface area (Å²) in [5.41, 5.74) is 11.9. The molecule has 0 spiro atoms. The Balaban J connectivity index is 1.61. The molecule has 31 heavy (non-hydrogen) atoms. The molecule has 4 aromatic rings. The summed E-state index contributed by atoms with van der Waals surface area (Å²) >= 11 is 1.34. The number of aryl methyl sites for hydroxylation is 2. The summed E-state index contributed by atoms with van der Waals surface area (Å²) in [6, 6.07) is 21.9. The van der Waals surface area contributed by atoms with E-state index in [4.69, 9.17) is 10.8 Å². The summed E-state index contributed by atoms with van der Waals surface area (Å²) in [6.45, 7) is 3.95. The molecule has 0 fully saturated rings. The topological polar surface area (TPSA) is 71.6 Å². The molecule has 0 bridgehead atoms. The fourth-order valence-corrected chi connectivity index (χ4v) is 5.32. The van der Waals surface area contributed by atoms with Crippen molar-refractivity contribution in [2.45, 2.75) is 26.3 Å². The zero-order chi connectivity index (χ0) is 21.5. The number of rotatable bonds is 3. The normalized spacial score (nSPS) is 16.0. The fourth-order valence-electron chi connectivity index (χ4n) is 4.17. The number of nitrogens with zero attached hydrogens (tertiary/aromatic N) is 3. The molecule has 0 unspecified atom stereocenters. The van der Waals surface area contributed by atoms with Crippen LogP contribution >= 0.6 is 11.3 Å². The molecule has 1 aliphatic heterocycles. The van der Waals surface area contributed by atoms with Crippen LogP contribution in [0.15, 0.2) is 71.8 Å². The Morgan fingerprint density at radius 3 is 2.45 bits per heavy atom. The van der Waals surface area contributed by atoms with Gasteiger partial charge in [-0.25, -0.2) is 9.99 Å². The van der Waals surface area contributed by atoms with Crippen molar-refractivity contribution in [3.8, 4) is 0 Å². The SMILES string of the molecule is Cc1cc(C)c2c(N)c(C(=O)N3N=C(c4ccccc4)C[C@@H]3c3ccccc3)sc2n1. The molecule has 1 amide bonds. The molecule has 5 rings (SSSR count). The summed E-state index contributed by atoms with van der Waals surface area (Å²) in [5.74, 6) is -0.183. The number of carbonyl (C=O) groups is 1. The van der Waals surface area contributed by atoms with Gasteiger partial charge in [-0.2, -0.15) is 5.10 Å². The molecule has 0 radical (unpaired) electrons. The van der Waals surface area contributed by atoms with Crippen molar-refractivity contribution in [2.24, 2.45) is 5.10 Å². The Kier molecular flexibility index (Phi) is 4.79. The van der Waals surface area contributed by atoms with Gasteiger partial charge in [-0.05, 0) is 36.6 Å². The summed E-state index contributed by atoms with van der Waals surface area (Å²) in [7, 11) is 0. The Bertz CT molecular complexity index is 1310. The number of fused-ring (bicyclic) bond motifs is 1. The summed E-state index contributed by atoms with van der Waals surface area (Å²) in [6.07, 6.45) is 0.654. The highest BCUT2D eigenvalue weighted by Crippen LogP contribution is 2.39. The molecule has 0 aliphatic carbocycles. The lowest BCUT2D eigenvalue weighted by atomic mass is 9.98. The van der Waals surface area contributed by atoms with Crippen molar-refractivity contribution in [3.63, 3.8) is 0 Å². The second kappa shape index (κ2) is 7.63. The molecule has 0 saturated heterocycles. The van der Waals surface area contributed by atoms with Crippen molar-refractivity contribution < 1.29 is 4.79 Å². The lowest BCUT2D eigenvalue weighted by molar-refractivity contribution is 0.0717. The number of carbonyl (C=O) groups excluding carboxylic acids is 1. The first kappa shape index (κ1) is 19.5. The Morgan fingerprint density at radius 1 is 1.06 bits per heavy atom. The number of hydrogen-bond donors (Lipinski definition) is 1. The van der Waals surface area contributed by atoms with Crippen LogP contribution < -0.4 is 5.73 Å². The van der Waals surface area contributed by atoms with E-state index < -0.39 is 0 Å². The quantitative estimate of drug-likeness (QED) is 0.471. The van der Waals surface area contributed by atoms with Gasteiger partial charge in [-0.15, -0.1) is 11.3 Å². The van der Waals surface area contributed by atoms with Crippen molar-refractivity contribution in [1.82, 2.24) is 9.99 Å². The highest BCUT2D eigenvalue weighted by molar-refractivity contribution is 7.21. The maximum Gasteiger partial charge on any atom is 0.286 e. The molecule has 5 nitrogen and oxygen atoms in total. The Labute approximate surface area is 184 Å². The first-order valence-corrected chi connectivity index (χ1v) is 11.0. The van der Waals surface area contributed by atoms with E-state index in [2.05, 4.69) is 4.98 Å². The number of nitrogens with two attached hydrogens (primary N) is 1. The third kappa shape index (κ3) is 3.39. The third-order valence-electron chi connectivity index (χ3n) is 5.63. The number of anilines is 1. The van der Waals surface area contributed by atoms with Gasteiger partial charge in [0.2, 0.25) is 0 Å². The van der Waals surface area contributed by atoms with Gasteiger partial charge in [0.05, 0.1) is 17.4 Å². The number of aromatic nitrogens is 1. The van der Waals surface area contributed by atoms with Gasteiger partial charge in [0.25, 0.3) is 5.91 Å². The standard InChI is InChI=1S/C25H22N4OS/c1-15-13-16(2)27-24-21(15)22(26)23(31-24)25(30)29-20(18-11-7-4-8-12-18)14-19(28-29)17-9-5-3-6-10-17/h3-13,20H,14,26H2,1-2H3/t20-/m1/s1. The van der Waals surface area contributed by atoms with Crippen molar-refractivity contribution in [3.05, 3.63) is 94.0 Å². The molecular formula is C25H22N4OS. The average molecular weight is 427 g/mol. The van der Waals surface area contributed by atoms with Gasteiger partial charge in [0, 0.05) is 17.5 Å². The molecular weight excluding hydrogens is 404 g/mol. The molecule has 2 aromatic heterocycles. The molecule has 1 atom stereocenters. The number of hydrogen-bond acceptors (Lipinski definition) is 5. The predicted molar refractivity (Wildman–Crippen MR) is 126 cm³/mol. The van der Waals surface area contributed by atoms with Crippen LogP contribution in [0.25, 0.3) is 10.2 Å². The van der Waals surface area contributed by atoms with Crippen LogP contribution in [0.4, 0.5) is 5.69 Å². The van der Waals surface area contributed by atoms with E-state index in [-0.39, 0.29) is 11.9 Å². The van der Waals surface area contributed by atoms with Gasteiger partial charge in [0.1, 0.15) is 9.71 Å². The Hall–Kier alpha value is -3.51. The lowest BCUT2D eigenvalue weighted by Gasteiger charge is -2.21. The van der Waals surface area contributed by atoms with Crippen LogP contribution in [0.3, 0.4) is 0 Å². The van der Waals surface area contributed by atoms with E-state index in [9.17, 15) is 4.79 Å². The molecule has 0 saturated carbocycles. The van der Waals surface area contributed by atoms with Crippen LogP contribution in [0, 0.1) is 13.8 Å².